The van der Waals surface area contributed by atoms with Crippen LogP contribution in [0.5, 0.6) is 5.75 Å². The smallest absolute Gasteiger partial charge is 0.123 e. The Kier molecular flexibility index (Phi) is 3.61. The summed E-state index contributed by atoms with van der Waals surface area (Å²) in [7, 11) is 0. The number of nitrogens with two attached hydrogens (primary N) is 2. The van der Waals surface area contributed by atoms with Gasteiger partial charge in [0.15, 0.2) is 0 Å². The van der Waals surface area contributed by atoms with E-state index in [1.807, 2.05) is 0 Å². The number of nitrogens with zero attached hydrogens (tertiary/aromatic N) is 1. The molecular weight excluding hydrogens is 273 g/mol. The molecule has 4 nitrogen and oxygen atoms in total. The number of halogens is 2. The number of benzene rings is 1. The maximum Gasteiger partial charge on any atom is 0.123 e. The topological polar surface area (TPSA) is 85.2 Å². The van der Waals surface area contributed by atoms with Crippen LogP contribution >= 0.6 is 23.2 Å². The average molecular weight is 284 g/mol. The van der Waals surface area contributed by atoms with Crippen LogP contribution in [0.25, 0.3) is 0 Å². The van der Waals surface area contributed by atoms with Gasteiger partial charge < -0.3 is 16.6 Å². The second-order valence-electron chi connectivity index (χ2n) is 3.82. The van der Waals surface area contributed by atoms with Gasteiger partial charge >= 0.3 is 0 Å². The van der Waals surface area contributed by atoms with Crippen LogP contribution in [-0.4, -0.2) is 10.1 Å². The zero-order valence-corrected chi connectivity index (χ0v) is 10.8. The van der Waals surface area contributed by atoms with Gasteiger partial charge in [-0.3, -0.25) is 0 Å². The van der Waals surface area contributed by atoms with E-state index in [1.54, 1.807) is 24.4 Å². The first-order valence-electron chi connectivity index (χ1n) is 5.14. The van der Waals surface area contributed by atoms with Gasteiger partial charge in [-0.2, -0.15) is 0 Å². The highest BCUT2D eigenvalue weighted by atomic mass is 35.5. The maximum absolute atomic E-state index is 9.83. The van der Waals surface area contributed by atoms with Crippen LogP contribution in [0.2, 0.25) is 10.0 Å². The van der Waals surface area contributed by atoms with Crippen molar-refractivity contribution in [3.05, 3.63) is 51.6 Å². The van der Waals surface area contributed by atoms with Crippen molar-refractivity contribution >= 4 is 29.0 Å². The summed E-state index contributed by atoms with van der Waals surface area (Å²) in [6.45, 7) is 0. The Morgan fingerprint density at radius 1 is 1.17 bits per heavy atom. The molecular formula is C12H11Cl2N3O. The van der Waals surface area contributed by atoms with Gasteiger partial charge in [0.05, 0.1) is 16.1 Å². The van der Waals surface area contributed by atoms with Crippen molar-refractivity contribution in [1.82, 2.24) is 4.98 Å². The summed E-state index contributed by atoms with van der Waals surface area (Å²) in [5, 5.41) is 10.4. The summed E-state index contributed by atoms with van der Waals surface area (Å²) in [6.07, 6.45) is 1.56. The van der Waals surface area contributed by atoms with Crippen molar-refractivity contribution in [2.24, 2.45) is 5.73 Å². The highest BCUT2D eigenvalue weighted by molar-refractivity contribution is 6.42. The monoisotopic (exact) mass is 283 g/mol. The third-order valence-corrected chi connectivity index (χ3v) is 3.30. The fraction of sp³-hybridized carbons (Fsp3) is 0.0833. The van der Waals surface area contributed by atoms with Crippen molar-refractivity contribution in [3.63, 3.8) is 0 Å². The van der Waals surface area contributed by atoms with E-state index in [0.717, 1.165) is 5.56 Å². The minimum absolute atomic E-state index is 0.00581. The zero-order chi connectivity index (χ0) is 13.3. The Hall–Kier alpha value is -1.49. The molecule has 1 aromatic heterocycles. The summed E-state index contributed by atoms with van der Waals surface area (Å²) in [6, 6.07) is 5.75. The number of aromatic hydroxyl groups is 1. The normalized spacial score (nSPS) is 12.4. The molecule has 1 heterocycles. The number of nitrogen functional groups attached to an aromatic ring is 1. The van der Waals surface area contributed by atoms with Gasteiger partial charge in [-0.1, -0.05) is 29.3 Å². The van der Waals surface area contributed by atoms with Crippen molar-refractivity contribution in [3.8, 4) is 5.75 Å². The van der Waals surface area contributed by atoms with E-state index < -0.39 is 6.04 Å². The predicted molar refractivity (Wildman–Crippen MR) is 72.8 cm³/mol. The predicted octanol–water partition coefficient (Wildman–Crippen LogP) is 2.72. The van der Waals surface area contributed by atoms with Gasteiger partial charge in [0.1, 0.15) is 11.6 Å². The number of rotatable bonds is 2. The molecule has 0 saturated carbocycles. The lowest BCUT2D eigenvalue weighted by molar-refractivity contribution is 0.465. The van der Waals surface area contributed by atoms with Crippen molar-refractivity contribution in [2.75, 3.05) is 5.73 Å². The standard InChI is InChI=1S/C12H11Cl2N3O/c13-8-3-7(10(18)4-9(8)14)12(16)6-1-2-11(15)17-5-6/h1-5,12,18H,16H2,(H2,15,17). The Balaban J connectivity index is 2.42. The lowest BCUT2D eigenvalue weighted by Gasteiger charge is -2.14. The second kappa shape index (κ2) is 5.02. The van der Waals surface area contributed by atoms with Crippen LogP contribution in [0, 0.1) is 0 Å². The minimum atomic E-state index is -0.548. The minimum Gasteiger partial charge on any atom is -0.508 e. The van der Waals surface area contributed by atoms with Gasteiger partial charge in [0, 0.05) is 17.8 Å². The Labute approximate surface area is 114 Å². The molecule has 1 atom stereocenters. The molecule has 0 spiro atoms. The molecule has 0 amide bonds. The SMILES string of the molecule is Nc1ccc(C(N)c2cc(Cl)c(Cl)cc2O)cn1. The van der Waals surface area contributed by atoms with E-state index in [4.69, 9.17) is 34.7 Å². The summed E-state index contributed by atoms with van der Waals surface area (Å²) in [4.78, 5) is 3.95. The van der Waals surface area contributed by atoms with Crippen LogP contribution in [0.1, 0.15) is 17.2 Å². The van der Waals surface area contributed by atoms with Crippen molar-refractivity contribution in [2.45, 2.75) is 6.04 Å². The molecule has 18 heavy (non-hydrogen) atoms. The fourth-order valence-electron chi connectivity index (χ4n) is 1.58. The first-order valence-corrected chi connectivity index (χ1v) is 5.89. The van der Waals surface area contributed by atoms with E-state index in [1.165, 1.54) is 6.07 Å². The van der Waals surface area contributed by atoms with Gasteiger partial charge in [0.2, 0.25) is 0 Å². The summed E-state index contributed by atoms with van der Waals surface area (Å²) in [5.74, 6) is 0.401. The van der Waals surface area contributed by atoms with Crippen LogP contribution in [0.4, 0.5) is 5.82 Å². The molecule has 0 radical (unpaired) electrons. The van der Waals surface area contributed by atoms with E-state index >= 15 is 0 Å². The van der Waals surface area contributed by atoms with E-state index in [9.17, 15) is 5.11 Å². The van der Waals surface area contributed by atoms with Gasteiger partial charge in [-0.25, -0.2) is 4.98 Å². The molecule has 2 aromatic rings. The number of anilines is 1. The molecule has 0 aliphatic heterocycles. The lowest BCUT2D eigenvalue weighted by atomic mass is 10.0. The van der Waals surface area contributed by atoms with Crippen LogP contribution in [0.15, 0.2) is 30.5 Å². The molecule has 1 aromatic carbocycles. The van der Waals surface area contributed by atoms with Gasteiger partial charge in [-0.05, 0) is 17.7 Å². The number of pyridine rings is 1. The highest BCUT2D eigenvalue weighted by Gasteiger charge is 2.15. The van der Waals surface area contributed by atoms with E-state index in [0.29, 0.717) is 16.4 Å². The number of hydrogen-bond acceptors (Lipinski definition) is 4. The molecule has 94 valence electrons. The Bertz CT molecular complexity index is 572. The number of aromatic nitrogens is 1. The molecule has 0 aliphatic rings. The van der Waals surface area contributed by atoms with Crippen LogP contribution < -0.4 is 11.5 Å². The van der Waals surface area contributed by atoms with Gasteiger partial charge in [0.25, 0.3) is 0 Å². The van der Waals surface area contributed by atoms with Crippen LogP contribution in [0.3, 0.4) is 0 Å². The number of phenols is 1. The molecule has 1 unspecified atom stereocenters. The molecule has 5 N–H and O–H groups in total. The summed E-state index contributed by atoms with van der Waals surface area (Å²) >= 11 is 11.7. The molecule has 0 aliphatic carbocycles. The maximum atomic E-state index is 9.83. The van der Waals surface area contributed by atoms with Gasteiger partial charge in [-0.15, -0.1) is 0 Å². The first kappa shape index (κ1) is 13.0. The third kappa shape index (κ3) is 2.51. The number of phenolic OH excluding ortho intramolecular Hbond substituents is 1. The fourth-order valence-corrected chi connectivity index (χ4v) is 1.91. The lowest BCUT2D eigenvalue weighted by Crippen LogP contribution is -2.12. The van der Waals surface area contributed by atoms with Crippen molar-refractivity contribution in [1.29, 1.82) is 0 Å². The third-order valence-electron chi connectivity index (χ3n) is 2.57. The van der Waals surface area contributed by atoms with Crippen LogP contribution in [-0.2, 0) is 0 Å². The number of hydrogen-bond donors (Lipinski definition) is 3. The second-order valence-corrected chi connectivity index (χ2v) is 4.63. The quantitative estimate of drug-likeness (QED) is 0.791. The zero-order valence-electron chi connectivity index (χ0n) is 9.27. The average Bonchev–Trinajstić information content (AvgIpc) is 2.34. The first-order chi connectivity index (χ1) is 8.49. The molecule has 6 heteroatoms. The van der Waals surface area contributed by atoms with E-state index in [-0.39, 0.29) is 10.8 Å². The van der Waals surface area contributed by atoms with Crippen molar-refractivity contribution < 1.29 is 5.11 Å². The molecule has 0 bridgehead atoms. The Morgan fingerprint density at radius 2 is 1.83 bits per heavy atom. The Morgan fingerprint density at radius 3 is 2.44 bits per heavy atom. The highest BCUT2D eigenvalue weighted by Crippen LogP contribution is 2.34. The molecule has 0 saturated heterocycles. The summed E-state index contributed by atoms with van der Waals surface area (Å²) in [5.41, 5.74) is 12.7. The summed E-state index contributed by atoms with van der Waals surface area (Å²) < 4.78 is 0. The largest absolute Gasteiger partial charge is 0.508 e. The molecule has 0 fully saturated rings. The molecule has 2 rings (SSSR count). The van der Waals surface area contributed by atoms with E-state index in [2.05, 4.69) is 4.98 Å².